The molecule has 0 fully saturated rings. The number of hydrogen-bond donors (Lipinski definition) is 0. The van der Waals surface area contributed by atoms with Crippen LogP contribution in [-0.2, 0) is 4.79 Å². The topological polar surface area (TPSA) is 79.0 Å². The van der Waals surface area contributed by atoms with E-state index in [1.54, 1.807) is 0 Å². The fraction of sp³-hybridized carbons (Fsp3) is 0.182. The summed E-state index contributed by atoms with van der Waals surface area (Å²) in [5.41, 5.74) is 0.607. The van der Waals surface area contributed by atoms with Crippen molar-refractivity contribution >= 4 is 17.7 Å². The van der Waals surface area contributed by atoms with Gasteiger partial charge < -0.3 is 14.3 Å². The van der Waals surface area contributed by atoms with Gasteiger partial charge in [-0.15, -0.1) is 10.2 Å². The lowest BCUT2D eigenvalue weighted by molar-refractivity contribution is -0.305. The molecular weight excluding hydrogens is 259 g/mol. The van der Waals surface area contributed by atoms with Crippen molar-refractivity contribution < 1.29 is 18.7 Å². The monoisotopic (exact) mass is 267 g/mol. The number of benzene rings is 1. The van der Waals surface area contributed by atoms with Crippen molar-refractivity contribution in [1.82, 2.24) is 10.2 Å². The van der Waals surface area contributed by atoms with Gasteiger partial charge in [0, 0.05) is 17.3 Å². The molecule has 0 atom stereocenters. The van der Waals surface area contributed by atoms with Gasteiger partial charge in [0.15, 0.2) is 0 Å². The van der Waals surface area contributed by atoms with E-state index in [0.717, 1.165) is 11.8 Å². The number of carbonyl (C=O) groups is 1. The number of halogens is 1. The van der Waals surface area contributed by atoms with Crippen molar-refractivity contribution in [2.24, 2.45) is 0 Å². The molecule has 5 nitrogen and oxygen atoms in total. The van der Waals surface area contributed by atoms with Crippen molar-refractivity contribution in [2.75, 3.05) is 5.75 Å². The van der Waals surface area contributed by atoms with Gasteiger partial charge in [-0.3, -0.25) is 0 Å². The molecule has 1 heterocycles. The second kappa shape index (κ2) is 5.63. The van der Waals surface area contributed by atoms with Gasteiger partial charge >= 0.3 is 0 Å². The lowest BCUT2D eigenvalue weighted by atomic mass is 10.2. The minimum absolute atomic E-state index is 0.0844. The Morgan fingerprint density at radius 2 is 2.06 bits per heavy atom. The van der Waals surface area contributed by atoms with E-state index in [4.69, 9.17) is 4.42 Å². The Morgan fingerprint density at radius 1 is 1.33 bits per heavy atom. The van der Waals surface area contributed by atoms with Crippen LogP contribution in [0.15, 0.2) is 33.9 Å². The minimum atomic E-state index is -1.12. The van der Waals surface area contributed by atoms with E-state index < -0.39 is 5.97 Å². The standard InChI is InChI=1S/C11H9FN2O3S/c12-8-3-1-7(2-4-8)10-13-14-11(17-10)18-6-5-9(15)16/h1-4H,5-6H2,(H,15,16)/p-1. The normalized spacial score (nSPS) is 10.5. The third kappa shape index (κ3) is 3.30. The van der Waals surface area contributed by atoms with Gasteiger partial charge in [-0.2, -0.15) is 0 Å². The molecule has 0 spiro atoms. The highest BCUT2D eigenvalue weighted by Gasteiger charge is 2.08. The summed E-state index contributed by atoms with van der Waals surface area (Å²) in [5.74, 6) is -0.901. The smallest absolute Gasteiger partial charge is 0.276 e. The lowest BCUT2D eigenvalue weighted by Crippen LogP contribution is -2.22. The van der Waals surface area contributed by atoms with Crippen molar-refractivity contribution in [3.05, 3.63) is 30.1 Å². The lowest BCUT2D eigenvalue weighted by Gasteiger charge is -1.97. The Balaban J connectivity index is 2.01. The van der Waals surface area contributed by atoms with E-state index in [-0.39, 0.29) is 23.4 Å². The van der Waals surface area contributed by atoms with Gasteiger partial charge in [0.05, 0.1) is 0 Å². The number of carboxylic acid groups (broad SMARTS) is 1. The highest BCUT2D eigenvalue weighted by atomic mass is 32.2. The molecule has 0 N–H and O–H groups in total. The van der Waals surface area contributed by atoms with E-state index in [0.29, 0.717) is 11.3 Å². The second-order valence-electron chi connectivity index (χ2n) is 3.35. The fourth-order valence-electron chi connectivity index (χ4n) is 1.20. The van der Waals surface area contributed by atoms with E-state index in [9.17, 15) is 14.3 Å². The predicted octanol–water partition coefficient (Wildman–Crippen LogP) is 1.11. The van der Waals surface area contributed by atoms with E-state index >= 15 is 0 Å². The summed E-state index contributed by atoms with van der Waals surface area (Å²) in [6.45, 7) is 0. The third-order valence-corrected chi connectivity index (χ3v) is 2.85. The maximum atomic E-state index is 12.7. The van der Waals surface area contributed by atoms with Crippen LogP contribution in [0.5, 0.6) is 0 Å². The highest BCUT2D eigenvalue weighted by molar-refractivity contribution is 7.99. The maximum Gasteiger partial charge on any atom is 0.276 e. The Hall–Kier alpha value is -1.89. The Labute approximate surface area is 106 Å². The molecule has 0 radical (unpaired) electrons. The summed E-state index contributed by atoms with van der Waals surface area (Å²) < 4.78 is 18.0. The second-order valence-corrected chi connectivity index (χ2v) is 4.40. The molecule has 0 saturated carbocycles. The molecule has 1 aromatic carbocycles. The molecule has 0 aliphatic carbocycles. The van der Waals surface area contributed by atoms with Gasteiger partial charge in [0.25, 0.3) is 5.22 Å². The van der Waals surface area contributed by atoms with Crippen molar-refractivity contribution in [3.8, 4) is 11.5 Å². The summed E-state index contributed by atoms with van der Waals surface area (Å²) >= 11 is 1.13. The van der Waals surface area contributed by atoms with Crippen molar-refractivity contribution in [1.29, 1.82) is 0 Å². The van der Waals surface area contributed by atoms with Crippen molar-refractivity contribution in [2.45, 2.75) is 11.6 Å². The molecule has 0 unspecified atom stereocenters. The number of aliphatic carboxylic acids is 1. The van der Waals surface area contributed by atoms with E-state index in [1.165, 1.54) is 24.3 Å². The highest BCUT2D eigenvalue weighted by Crippen LogP contribution is 2.23. The summed E-state index contributed by atoms with van der Waals surface area (Å²) in [6.07, 6.45) is -0.0844. The molecule has 0 saturated heterocycles. The van der Waals surface area contributed by atoms with E-state index in [2.05, 4.69) is 10.2 Å². The van der Waals surface area contributed by atoms with Crippen LogP contribution in [0.25, 0.3) is 11.5 Å². The first-order valence-corrected chi connectivity index (χ1v) is 6.06. The number of nitrogens with zero attached hydrogens (tertiary/aromatic N) is 2. The Kier molecular flexibility index (Phi) is 3.93. The molecule has 0 aliphatic rings. The molecule has 1 aromatic heterocycles. The molecule has 2 rings (SSSR count). The van der Waals surface area contributed by atoms with Crippen LogP contribution in [-0.4, -0.2) is 21.9 Å². The number of hydrogen-bond acceptors (Lipinski definition) is 6. The molecule has 7 heteroatoms. The third-order valence-electron chi connectivity index (χ3n) is 2.03. The number of thioether (sulfide) groups is 1. The molecule has 18 heavy (non-hydrogen) atoms. The van der Waals surface area contributed by atoms with Crippen LogP contribution in [0, 0.1) is 5.82 Å². The Morgan fingerprint density at radius 3 is 2.72 bits per heavy atom. The number of carbonyl (C=O) groups excluding carboxylic acids is 1. The SMILES string of the molecule is O=C([O-])CCSc1nnc(-c2ccc(F)cc2)o1. The van der Waals surface area contributed by atoms with Gasteiger partial charge in [-0.25, -0.2) is 4.39 Å². The van der Waals surface area contributed by atoms with Crippen LogP contribution in [0.1, 0.15) is 6.42 Å². The number of carboxylic acids is 1. The quantitative estimate of drug-likeness (QED) is 0.755. The maximum absolute atomic E-state index is 12.7. The molecule has 94 valence electrons. The van der Waals surface area contributed by atoms with Gasteiger partial charge in [0.2, 0.25) is 5.89 Å². The summed E-state index contributed by atoms with van der Waals surface area (Å²) in [7, 11) is 0. The first kappa shape index (κ1) is 12.6. The van der Waals surface area contributed by atoms with Crippen LogP contribution in [0.3, 0.4) is 0 Å². The average molecular weight is 267 g/mol. The summed E-state index contributed by atoms with van der Waals surface area (Å²) in [4.78, 5) is 10.2. The molecule has 0 amide bonds. The molecule has 0 aliphatic heterocycles. The van der Waals surface area contributed by atoms with E-state index in [1.807, 2.05) is 0 Å². The summed E-state index contributed by atoms with van der Waals surface area (Å²) in [5, 5.41) is 18.0. The zero-order valence-electron chi connectivity index (χ0n) is 9.13. The van der Waals surface area contributed by atoms with Crippen LogP contribution in [0.4, 0.5) is 4.39 Å². The molecule has 2 aromatic rings. The van der Waals surface area contributed by atoms with Gasteiger partial charge in [-0.1, -0.05) is 11.8 Å². The van der Waals surface area contributed by atoms with Gasteiger partial charge in [-0.05, 0) is 30.7 Å². The zero-order valence-corrected chi connectivity index (χ0v) is 9.95. The van der Waals surface area contributed by atoms with Crippen LogP contribution in [0.2, 0.25) is 0 Å². The first-order valence-electron chi connectivity index (χ1n) is 5.07. The van der Waals surface area contributed by atoms with Crippen LogP contribution < -0.4 is 5.11 Å². The largest absolute Gasteiger partial charge is 0.550 e. The van der Waals surface area contributed by atoms with Gasteiger partial charge in [0.1, 0.15) is 5.82 Å². The first-order chi connectivity index (χ1) is 8.65. The minimum Gasteiger partial charge on any atom is -0.550 e. The Bertz CT molecular complexity index is 541. The predicted molar refractivity (Wildman–Crippen MR) is 60.0 cm³/mol. The number of rotatable bonds is 5. The number of aromatic nitrogens is 2. The summed E-state index contributed by atoms with van der Waals surface area (Å²) in [6, 6.07) is 5.64. The molecule has 0 bridgehead atoms. The average Bonchev–Trinajstić information content (AvgIpc) is 2.78. The van der Waals surface area contributed by atoms with Crippen molar-refractivity contribution in [3.63, 3.8) is 0 Å². The zero-order chi connectivity index (χ0) is 13.0. The molecular formula is C11H8FN2O3S-. The van der Waals surface area contributed by atoms with Crippen LogP contribution >= 0.6 is 11.8 Å². The fourth-order valence-corrected chi connectivity index (χ4v) is 1.88.